The summed E-state index contributed by atoms with van der Waals surface area (Å²) in [4.78, 5) is 37.5. The van der Waals surface area contributed by atoms with E-state index in [1.807, 2.05) is 0 Å². The molecule has 0 saturated heterocycles. The van der Waals surface area contributed by atoms with E-state index in [-0.39, 0.29) is 23.9 Å². The summed E-state index contributed by atoms with van der Waals surface area (Å²) >= 11 is 4.79. The van der Waals surface area contributed by atoms with Crippen LogP contribution in [0.25, 0.3) is 0 Å². The van der Waals surface area contributed by atoms with Gasteiger partial charge in [0.1, 0.15) is 17.8 Å². The van der Waals surface area contributed by atoms with Crippen molar-refractivity contribution in [1.82, 2.24) is 10.9 Å². The van der Waals surface area contributed by atoms with E-state index in [4.69, 9.17) is 17.0 Å². The van der Waals surface area contributed by atoms with Gasteiger partial charge in [-0.25, -0.2) is 9.79 Å². The SMILES string of the molecule is CCOC(=O)C/C(O)=C(/C=N/C(=S)NNC(C)=O)C(=O)OCC. The Kier molecular flexibility index (Phi) is 9.92. The van der Waals surface area contributed by atoms with E-state index < -0.39 is 30.0 Å². The maximum atomic E-state index is 11.8. The first kappa shape index (κ1) is 20.5. The predicted octanol–water partition coefficient (Wildman–Crippen LogP) is 0.311. The molecule has 0 rings (SSSR count). The molecule has 0 aliphatic rings. The maximum Gasteiger partial charge on any atom is 0.343 e. The Labute approximate surface area is 138 Å². The van der Waals surface area contributed by atoms with Gasteiger partial charge in [0.2, 0.25) is 11.0 Å². The van der Waals surface area contributed by atoms with Crippen LogP contribution in [0.1, 0.15) is 27.2 Å². The molecule has 0 aromatic carbocycles. The van der Waals surface area contributed by atoms with E-state index in [0.29, 0.717) is 0 Å². The molecule has 1 amide bonds. The smallest absolute Gasteiger partial charge is 0.343 e. The zero-order valence-corrected chi connectivity index (χ0v) is 13.9. The average Bonchev–Trinajstić information content (AvgIpc) is 2.45. The van der Waals surface area contributed by atoms with E-state index in [2.05, 4.69) is 20.6 Å². The number of thiocarbonyl (C=S) groups is 1. The second-order valence-electron chi connectivity index (χ2n) is 3.93. The van der Waals surface area contributed by atoms with Gasteiger partial charge in [-0.3, -0.25) is 20.4 Å². The number of hydrogen-bond donors (Lipinski definition) is 3. The van der Waals surface area contributed by atoms with Crippen molar-refractivity contribution in [2.24, 2.45) is 4.99 Å². The van der Waals surface area contributed by atoms with Gasteiger partial charge in [0, 0.05) is 13.1 Å². The average molecular weight is 345 g/mol. The normalized spacial score (nSPS) is 11.4. The van der Waals surface area contributed by atoms with Gasteiger partial charge < -0.3 is 14.6 Å². The Bertz CT molecular complexity index is 530. The molecule has 9 nitrogen and oxygen atoms in total. The van der Waals surface area contributed by atoms with Crippen LogP contribution >= 0.6 is 12.2 Å². The highest BCUT2D eigenvalue weighted by Gasteiger charge is 2.18. The molecule has 0 fully saturated rings. The Morgan fingerprint density at radius 1 is 1.17 bits per heavy atom. The monoisotopic (exact) mass is 345 g/mol. The first-order chi connectivity index (χ1) is 10.8. The standard InChI is InChI=1S/C13H19N3O6S/c1-4-21-11(19)6-10(18)9(12(20)22-5-2)7-14-13(23)16-15-8(3)17/h7,18H,4-6H2,1-3H3,(H,15,17)(H,16,23)/b10-9+,14-7+. The molecule has 0 aliphatic carbocycles. The van der Waals surface area contributed by atoms with Crippen molar-refractivity contribution in [2.45, 2.75) is 27.2 Å². The number of aliphatic hydroxyl groups is 1. The molecule has 0 atom stereocenters. The van der Waals surface area contributed by atoms with Crippen molar-refractivity contribution >= 4 is 41.4 Å². The minimum atomic E-state index is -0.875. The van der Waals surface area contributed by atoms with E-state index in [9.17, 15) is 19.5 Å². The zero-order valence-electron chi connectivity index (χ0n) is 13.0. The van der Waals surface area contributed by atoms with Gasteiger partial charge in [-0.05, 0) is 26.1 Å². The fraction of sp³-hybridized carbons (Fsp3) is 0.462. The van der Waals surface area contributed by atoms with E-state index in [1.54, 1.807) is 13.8 Å². The van der Waals surface area contributed by atoms with Crippen molar-refractivity contribution in [1.29, 1.82) is 0 Å². The summed E-state index contributed by atoms with van der Waals surface area (Å²) in [5, 5.41) is 9.73. The van der Waals surface area contributed by atoms with Crippen molar-refractivity contribution in [3.05, 3.63) is 11.3 Å². The van der Waals surface area contributed by atoms with Gasteiger partial charge in [-0.2, -0.15) is 0 Å². The van der Waals surface area contributed by atoms with Crippen LogP contribution in [-0.4, -0.2) is 47.5 Å². The Morgan fingerprint density at radius 3 is 2.30 bits per heavy atom. The molecule has 23 heavy (non-hydrogen) atoms. The van der Waals surface area contributed by atoms with Crippen LogP contribution in [0.2, 0.25) is 0 Å². The molecule has 0 radical (unpaired) electrons. The number of carbonyl (C=O) groups excluding carboxylic acids is 3. The summed E-state index contributed by atoms with van der Waals surface area (Å²) in [6, 6.07) is 0. The van der Waals surface area contributed by atoms with Crippen molar-refractivity contribution in [2.75, 3.05) is 13.2 Å². The number of aliphatic hydroxyl groups excluding tert-OH is 1. The number of ether oxygens (including phenoxy) is 2. The van der Waals surface area contributed by atoms with Gasteiger partial charge >= 0.3 is 11.9 Å². The van der Waals surface area contributed by atoms with Crippen LogP contribution in [0.15, 0.2) is 16.3 Å². The third kappa shape index (κ3) is 9.19. The van der Waals surface area contributed by atoms with Gasteiger partial charge in [-0.15, -0.1) is 0 Å². The van der Waals surface area contributed by atoms with Gasteiger partial charge in [-0.1, -0.05) is 0 Å². The molecule has 0 bridgehead atoms. The minimum absolute atomic E-state index is 0.0669. The lowest BCUT2D eigenvalue weighted by molar-refractivity contribution is -0.142. The van der Waals surface area contributed by atoms with Gasteiger partial charge in [0.05, 0.1) is 13.2 Å². The van der Waals surface area contributed by atoms with E-state index >= 15 is 0 Å². The number of aliphatic imine (C=N–C) groups is 1. The van der Waals surface area contributed by atoms with Gasteiger partial charge in [0.15, 0.2) is 0 Å². The Balaban J connectivity index is 5.13. The van der Waals surface area contributed by atoms with Crippen molar-refractivity contribution < 1.29 is 29.0 Å². The van der Waals surface area contributed by atoms with Crippen molar-refractivity contribution in [3.63, 3.8) is 0 Å². The molecule has 0 heterocycles. The molecule has 10 heteroatoms. The molecule has 0 unspecified atom stereocenters. The zero-order chi connectivity index (χ0) is 17.8. The van der Waals surface area contributed by atoms with Gasteiger partial charge in [0.25, 0.3) is 0 Å². The summed E-state index contributed by atoms with van der Waals surface area (Å²) in [6.45, 7) is 4.65. The van der Waals surface area contributed by atoms with Crippen LogP contribution in [0.4, 0.5) is 0 Å². The number of nitrogens with zero attached hydrogens (tertiary/aromatic N) is 1. The molecular formula is C13H19N3O6S. The number of hydrazine groups is 1. The van der Waals surface area contributed by atoms with Crippen LogP contribution in [0.5, 0.6) is 0 Å². The number of esters is 2. The summed E-state index contributed by atoms with van der Waals surface area (Å²) in [6.07, 6.45) is 0.420. The first-order valence-electron chi connectivity index (χ1n) is 6.67. The highest BCUT2D eigenvalue weighted by atomic mass is 32.1. The molecule has 0 spiro atoms. The minimum Gasteiger partial charge on any atom is -0.511 e. The number of carbonyl (C=O) groups is 3. The lowest BCUT2D eigenvalue weighted by atomic mass is 10.2. The lowest BCUT2D eigenvalue weighted by Crippen LogP contribution is -2.38. The molecule has 0 saturated carbocycles. The summed E-state index contributed by atoms with van der Waals surface area (Å²) < 4.78 is 9.44. The molecule has 3 N–H and O–H groups in total. The molecule has 0 aliphatic heterocycles. The highest BCUT2D eigenvalue weighted by Crippen LogP contribution is 2.08. The van der Waals surface area contributed by atoms with E-state index in [1.165, 1.54) is 6.92 Å². The largest absolute Gasteiger partial charge is 0.511 e. The molecular weight excluding hydrogens is 326 g/mol. The lowest BCUT2D eigenvalue weighted by Gasteiger charge is -2.07. The predicted molar refractivity (Wildman–Crippen MR) is 85.6 cm³/mol. The Hall–Kier alpha value is -2.49. The number of hydrogen-bond acceptors (Lipinski definition) is 7. The number of amides is 1. The Morgan fingerprint density at radius 2 is 1.78 bits per heavy atom. The van der Waals surface area contributed by atoms with Crippen LogP contribution in [0.3, 0.4) is 0 Å². The topological polar surface area (TPSA) is 126 Å². The van der Waals surface area contributed by atoms with Crippen molar-refractivity contribution in [3.8, 4) is 0 Å². The fourth-order valence-corrected chi connectivity index (χ4v) is 1.30. The van der Waals surface area contributed by atoms with Crippen LogP contribution in [-0.2, 0) is 23.9 Å². The van der Waals surface area contributed by atoms with Crippen LogP contribution < -0.4 is 10.9 Å². The van der Waals surface area contributed by atoms with Crippen LogP contribution in [0, 0.1) is 0 Å². The quantitative estimate of drug-likeness (QED) is 0.157. The highest BCUT2D eigenvalue weighted by molar-refractivity contribution is 7.80. The maximum absolute atomic E-state index is 11.8. The van der Waals surface area contributed by atoms with E-state index in [0.717, 1.165) is 6.21 Å². The summed E-state index contributed by atoms with van der Waals surface area (Å²) in [5.74, 6) is -2.54. The fourth-order valence-electron chi connectivity index (χ4n) is 1.19. The summed E-state index contributed by atoms with van der Waals surface area (Å²) in [7, 11) is 0. The third-order valence-corrected chi connectivity index (χ3v) is 2.29. The number of nitrogens with one attached hydrogen (secondary N) is 2. The second kappa shape index (κ2) is 11.1. The third-order valence-electron chi connectivity index (χ3n) is 2.08. The number of rotatable bonds is 6. The molecule has 0 aromatic heterocycles. The first-order valence-corrected chi connectivity index (χ1v) is 7.08. The molecule has 0 aromatic rings. The second-order valence-corrected chi connectivity index (χ2v) is 4.32. The molecule has 128 valence electrons. The summed E-state index contributed by atoms with van der Waals surface area (Å²) in [5.41, 5.74) is 4.14.